The van der Waals surface area contributed by atoms with Crippen LogP contribution in [-0.2, 0) is 9.59 Å². The number of hydrogen-bond acceptors (Lipinski definition) is 4. The molecule has 18 heavy (non-hydrogen) atoms. The Kier molecular flexibility index (Phi) is 4.88. The summed E-state index contributed by atoms with van der Waals surface area (Å²) in [6.45, 7) is 4.79. The summed E-state index contributed by atoms with van der Waals surface area (Å²) >= 11 is 1.77. The molecule has 0 aliphatic carbocycles. The maximum absolute atomic E-state index is 12.2. The lowest BCUT2D eigenvalue weighted by atomic mass is 10.2. The maximum Gasteiger partial charge on any atom is 0.240 e. The molecule has 0 bridgehead atoms. The van der Waals surface area contributed by atoms with Crippen LogP contribution < -0.4 is 5.32 Å². The standard InChI is InChI=1S/C12H21N3O2S/c1-2-11(16)14-4-3-5-15(7-6-14)12(17)10-8-18-9-13-10/h10,13H,2-9H2,1H3. The van der Waals surface area contributed by atoms with Gasteiger partial charge in [0.15, 0.2) is 0 Å². The number of carbonyl (C=O) groups excluding carboxylic acids is 2. The summed E-state index contributed by atoms with van der Waals surface area (Å²) in [4.78, 5) is 27.7. The van der Waals surface area contributed by atoms with E-state index in [1.54, 1.807) is 11.8 Å². The van der Waals surface area contributed by atoms with Gasteiger partial charge >= 0.3 is 0 Å². The van der Waals surface area contributed by atoms with Crippen molar-refractivity contribution in [3.63, 3.8) is 0 Å². The second-order valence-corrected chi connectivity index (χ2v) is 5.72. The van der Waals surface area contributed by atoms with Gasteiger partial charge in [0.25, 0.3) is 0 Å². The van der Waals surface area contributed by atoms with Gasteiger partial charge in [0, 0.05) is 44.2 Å². The van der Waals surface area contributed by atoms with E-state index in [9.17, 15) is 9.59 Å². The van der Waals surface area contributed by atoms with E-state index in [4.69, 9.17) is 0 Å². The van der Waals surface area contributed by atoms with Crippen molar-refractivity contribution in [1.29, 1.82) is 0 Å². The van der Waals surface area contributed by atoms with Crippen LogP contribution in [0.3, 0.4) is 0 Å². The molecule has 2 aliphatic heterocycles. The Labute approximate surface area is 112 Å². The fourth-order valence-electron chi connectivity index (χ4n) is 2.39. The first-order chi connectivity index (χ1) is 8.72. The monoisotopic (exact) mass is 271 g/mol. The molecule has 2 heterocycles. The zero-order valence-corrected chi connectivity index (χ0v) is 11.7. The molecule has 102 valence electrons. The molecule has 0 radical (unpaired) electrons. The van der Waals surface area contributed by atoms with Crippen molar-refractivity contribution < 1.29 is 9.59 Å². The Morgan fingerprint density at radius 1 is 1.22 bits per heavy atom. The average molecular weight is 271 g/mol. The average Bonchev–Trinajstić information content (AvgIpc) is 2.81. The molecule has 0 aromatic heterocycles. The van der Waals surface area contributed by atoms with Crippen LogP contribution in [0.2, 0.25) is 0 Å². The zero-order valence-electron chi connectivity index (χ0n) is 10.9. The summed E-state index contributed by atoms with van der Waals surface area (Å²) in [6.07, 6.45) is 1.44. The highest BCUT2D eigenvalue weighted by Gasteiger charge is 2.28. The van der Waals surface area contributed by atoms with Gasteiger partial charge < -0.3 is 9.80 Å². The summed E-state index contributed by atoms with van der Waals surface area (Å²) < 4.78 is 0. The van der Waals surface area contributed by atoms with Crippen molar-refractivity contribution in [2.24, 2.45) is 0 Å². The van der Waals surface area contributed by atoms with E-state index in [0.717, 1.165) is 31.1 Å². The van der Waals surface area contributed by atoms with Crippen LogP contribution >= 0.6 is 11.8 Å². The first-order valence-electron chi connectivity index (χ1n) is 6.60. The molecule has 2 fully saturated rings. The highest BCUT2D eigenvalue weighted by molar-refractivity contribution is 7.99. The minimum Gasteiger partial charge on any atom is -0.341 e. The van der Waals surface area contributed by atoms with Crippen LogP contribution in [-0.4, -0.2) is 65.5 Å². The van der Waals surface area contributed by atoms with E-state index < -0.39 is 0 Å². The van der Waals surface area contributed by atoms with E-state index >= 15 is 0 Å². The van der Waals surface area contributed by atoms with Gasteiger partial charge in [-0.3, -0.25) is 14.9 Å². The molecule has 2 rings (SSSR count). The second kappa shape index (κ2) is 6.43. The van der Waals surface area contributed by atoms with Crippen molar-refractivity contribution in [3.8, 4) is 0 Å². The topological polar surface area (TPSA) is 52.7 Å². The van der Waals surface area contributed by atoms with E-state index in [0.29, 0.717) is 19.5 Å². The molecule has 0 aromatic rings. The predicted molar refractivity (Wildman–Crippen MR) is 72.3 cm³/mol. The molecule has 0 aromatic carbocycles. The number of carbonyl (C=O) groups is 2. The first kappa shape index (κ1) is 13.7. The Morgan fingerprint density at radius 2 is 1.94 bits per heavy atom. The SMILES string of the molecule is CCC(=O)N1CCCN(C(=O)C2CSCN2)CC1. The summed E-state index contributed by atoms with van der Waals surface area (Å²) in [5.74, 6) is 2.13. The number of amides is 2. The van der Waals surface area contributed by atoms with E-state index in [1.165, 1.54) is 0 Å². The van der Waals surface area contributed by atoms with Crippen LogP contribution in [0, 0.1) is 0 Å². The molecule has 1 unspecified atom stereocenters. The van der Waals surface area contributed by atoms with Crippen molar-refractivity contribution in [1.82, 2.24) is 15.1 Å². The zero-order chi connectivity index (χ0) is 13.0. The third-order valence-electron chi connectivity index (χ3n) is 3.48. The molecule has 2 saturated heterocycles. The largest absolute Gasteiger partial charge is 0.341 e. The first-order valence-corrected chi connectivity index (χ1v) is 7.75. The Balaban J connectivity index is 1.88. The normalized spacial score (nSPS) is 25.1. The fraction of sp³-hybridized carbons (Fsp3) is 0.833. The summed E-state index contributed by atoms with van der Waals surface area (Å²) in [5, 5.41) is 3.21. The lowest BCUT2D eigenvalue weighted by molar-refractivity contribution is -0.134. The van der Waals surface area contributed by atoms with Gasteiger partial charge in [-0.2, -0.15) is 0 Å². The number of nitrogens with one attached hydrogen (secondary N) is 1. The van der Waals surface area contributed by atoms with Gasteiger partial charge in [-0.25, -0.2) is 0 Å². The predicted octanol–water partition coefficient (Wildman–Crippen LogP) is 0.120. The van der Waals surface area contributed by atoms with Crippen LogP contribution in [0.5, 0.6) is 0 Å². The lowest BCUT2D eigenvalue weighted by Gasteiger charge is -2.24. The van der Waals surface area contributed by atoms with E-state index in [2.05, 4.69) is 5.32 Å². The molecule has 0 saturated carbocycles. The van der Waals surface area contributed by atoms with Gasteiger partial charge in [0.05, 0.1) is 6.04 Å². The minimum absolute atomic E-state index is 0.0246. The van der Waals surface area contributed by atoms with Gasteiger partial charge in [0.2, 0.25) is 11.8 Å². The van der Waals surface area contributed by atoms with Crippen LogP contribution in [0.1, 0.15) is 19.8 Å². The smallest absolute Gasteiger partial charge is 0.240 e. The molecule has 2 amide bonds. The highest BCUT2D eigenvalue weighted by Crippen LogP contribution is 2.13. The van der Waals surface area contributed by atoms with Gasteiger partial charge in [-0.05, 0) is 6.42 Å². The molecule has 5 nitrogen and oxygen atoms in total. The lowest BCUT2D eigenvalue weighted by Crippen LogP contribution is -2.46. The number of hydrogen-bond donors (Lipinski definition) is 1. The molecular weight excluding hydrogens is 250 g/mol. The quantitative estimate of drug-likeness (QED) is 0.775. The minimum atomic E-state index is -0.0246. The van der Waals surface area contributed by atoms with E-state index in [1.807, 2.05) is 16.7 Å². The highest BCUT2D eigenvalue weighted by atomic mass is 32.2. The number of nitrogens with zero attached hydrogens (tertiary/aromatic N) is 2. The van der Waals surface area contributed by atoms with Gasteiger partial charge in [0.1, 0.15) is 0 Å². The van der Waals surface area contributed by atoms with Gasteiger partial charge in [-0.1, -0.05) is 6.92 Å². The Bertz CT molecular complexity index is 318. The molecule has 6 heteroatoms. The summed E-state index contributed by atoms with van der Waals surface area (Å²) in [6, 6.07) is -0.0246. The van der Waals surface area contributed by atoms with Crippen LogP contribution in [0.4, 0.5) is 0 Å². The third kappa shape index (κ3) is 3.17. The van der Waals surface area contributed by atoms with Crippen molar-refractivity contribution in [2.45, 2.75) is 25.8 Å². The second-order valence-electron chi connectivity index (χ2n) is 4.69. The van der Waals surface area contributed by atoms with Crippen LogP contribution in [0.25, 0.3) is 0 Å². The number of thioether (sulfide) groups is 1. The number of rotatable bonds is 2. The van der Waals surface area contributed by atoms with Crippen molar-refractivity contribution in [3.05, 3.63) is 0 Å². The summed E-state index contributed by atoms with van der Waals surface area (Å²) in [7, 11) is 0. The molecule has 1 N–H and O–H groups in total. The molecule has 0 spiro atoms. The molecular formula is C12H21N3O2S. The molecule has 2 aliphatic rings. The molecule has 1 atom stereocenters. The van der Waals surface area contributed by atoms with Crippen LogP contribution in [0.15, 0.2) is 0 Å². The van der Waals surface area contributed by atoms with E-state index in [-0.39, 0.29) is 17.9 Å². The van der Waals surface area contributed by atoms with Crippen molar-refractivity contribution in [2.75, 3.05) is 37.8 Å². The maximum atomic E-state index is 12.2. The third-order valence-corrected chi connectivity index (χ3v) is 4.42. The van der Waals surface area contributed by atoms with Crippen molar-refractivity contribution >= 4 is 23.6 Å². The summed E-state index contributed by atoms with van der Waals surface area (Å²) in [5.41, 5.74) is 0. The Morgan fingerprint density at radius 3 is 2.61 bits per heavy atom. The van der Waals surface area contributed by atoms with Gasteiger partial charge in [-0.15, -0.1) is 11.8 Å². The fourth-order valence-corrected chi connectivity index (χ4v) is 3.32. The Hall–Kier alpha value is -0.750.